The average molecular weight is 256 g/mol. The summed E-state index contributed by atoms with van der Waals surface area (Å²) in [4.78, 5) is 12.7. The largest absolute Gasteiger partial charge is 0.383 e. The topological polar surface area (TPSA) is 81.5 Å². The first-order chi connectivity index (χ1) is 9.17. The molecule has 2 N–H and O–H groups in total. The lowest BCUT2D eigenvalue weighted by Gasteiger charge is -2.10. The summed E-state index contributed by atoms with van der Waals surface area (Å²) in [5.41, 5.74) is 8.72. The Hall–Kier alpha value is -2.50. The van der Waals surface area contributed by atoms with E-state index in [4.69, 9.17) is 5.73 Å². The van der Waals surface area contributed by atoms with Crippen LogP contribution in [-0.2, 0) is 6.42 Å². The third kappa shape index (κ3) is 2.52. The summed E-state index contributed by atoms with van der Waals surface area (Å²) >= 11 is 0. The van der Waals surface area contributed by atoms with E-state index in [1.807, 2.05) is 19.9 Å². The third-order valence-electron chi connectivity index (χ3n) is 2.73. The van der Waals surface area contributed by atoms with Crippen LogP contribution < -0.4 is 5.73 Å². The van der Waals surface area contributed by atoms with Crippen molar-refractivity contribution in [2.45, 2.75) is 20.3 Å². The van der Waals surface area contributed by atoms with Crippen molar-refractivity contribution in [3.8, 4) is 0 Å². The van der Waals surface area contributed by atoms with Crippen LogP contribution >= 0.6 is 0 Å². The Kier molecular flexibility index (Phi) is 3.70. The smallest absolute Gasteiger partial charge is 0.254 e. The number of nitrogens with zero attached hydrogens (tertiary/aromatic N) is 5. The zero-order chi connectivity index (χ0) is 13.8. The number of allylic oxidation sites excluding steroid dienone is 3. The number of hydrogen-bond donors (Lipinski definition) is 1. The quantitative estimate of drug-likeness (QED) is 0.667. The number of fused-ring (bicyclic) bond motifs is 1. The normalized spacial score (nSPS) is 12.4. The summed E-state index contributed by atoms with van der Waals surface area (Å²) < 4.78 is 1.53. The summed E-state index contributed by atoms with van der Waals surface area (Å²) in [6, 6.07) is 0. The Balaban J connectivity index is 2.49. The number of hydrogen-bond acceptors (Lipinski definition) is 5. The fourth-order valence-electron chi connectivity index (χ4n) is 1.86. The van der Waals surface area contributed by atoms with Crippen LogP contribution in [0.1, 0.15) is 18.2 Å². The highest BCUT2D eigenvalue weighted by atomic mass is 15.3. The van der Waals surface area contributed by atoms with Crippen molar-refractivity contribution < 1.29 is 0 Å². The number of aromatic nitrogens is 4. The van der Waals surface area contributed by atoms with Gasteiger partial charge in [0.2, 0.25) is 0 Å². The first-order valence-electron chi connectivity index (χ1n) is 5.92. The van der Waals surface area contributed by atoms with Crippen LogP contribution in [0.2, 0.25) is 0 Å². The van der Waals surface area contributed by atoms with Crippen LogP contribution in [0.25, 0.3) is 5.78 Å². The Labute approximate surface area is 111 Å². The minimum absolute atomic E-state index is 0.506. The average Bonchev–Trinajstić information content (AvgIpc) is 2.83. The SMILES string of the molecule is C=C/C=C(/Cc1c(C)nc2ncnn2c1N)N=CC. The molecule has 2 aromatic rings. The van der Waals surface area contributed by atoms with Gasteiger partial charge in [0, 0.05) is 29.6 Å². The molecular weight excluding hydrogens is 240 g/mol. The number of anilines is 1. The van der Waals surface area contributed by atoms with Crippen LogP contribution in [-0.4, -0.2) is 25.8 Å². The van der Waals surface area contributed by atoms with E-state index < -0.39 is 0 Å². The molecule has 0 aliphatic carbocycles. The zero-order valence-electron chi connectivity index (χ0n) is 11.0. The molecule has 0 fully saturated rings. The lowest BCUT2D eigenvalue weighted by atomic mass is 10.1. The molecule has 0 atom stereocenters. The van der Waals surface area contributed by atoms with Crippen molar-refractivity contribution in [1.82, 2.24) is 19.6 Å². The van der Waals surface area contributed by atoms with E-state index in [-0.39, 0.29) is 0 Å². The molecular formula is C13H16N6. The van der Waals surface area contributed by atoms with Crippen molar-refractivity contribution in [2.24, 2.45) is 4.99 Å². The van der Waals surface area contributed by atoms with Gasteiger partial charge in [0.15, 0.2) is 0 Å². The van der Waals surface area contributed by atoms with Crippen molar-refractivity contribution in [1.29, 1.82) is 0 Å². The molecule has 0 bridgehead atoms. The Bertz CT molecular complexity index is 665. The number of aliphatic imine (C=N–C) groups is 1. The number of nitrogen functional groups attached to an aromatic ring is 1. The number of aryl methyl sites for hydroxylation is 1. The molecule has 0 spiro atoms. The first-order valence-corrected chi connectivity index (χ1v) is 5.92. The van der Waals surface area contributed by atoms with E-state index in [1.54, 1.807) is 12.3 Å². The minimum Gasteiger partial charge on any atom is -0.383 e. The minimum atomic E-state index is 0.506. The van der Waals surface area contributed by atoms with E-state index in [0.29, 0.717) is 18.0 Å². The molecule has 98 valence electrons. The molecule has 0 aliphatic heterocycles. The summed E-state index contributed by atoms with van der Waals surface area (Å²) in [7, 11) is 0. The van der Waals surface area contributed by atoms with E-state index in [0.717, 1.165) is 17.0 Å². The molecule has 0 aromatic carbocycles. The highest BCUT2D eigenvalue weighted by molar-refractivity contribution is 5.57. The predicted molar refractivity (Wildman–Crippen MR) is 76.1 cm³/mol. The third-order valence-corrected chi connectivity index (χ3v) is 2.73. The van der Waals surface area contributed by atoms with Crippen molar-refractivity contribution in [2.75, 3.05) is 5.73 Å². The fraction of sp³-hybridized carbons (Fsp3) is 0.231. The Morgan fingerprint density at radius 1 is 1.58 bits per heavy atom. The molecule has 6 nitrogen and oxygen atoms in total. The second-order valence-corrected chi connectivity index (χ2v) is 3.99. The van der Waals surface area contributed by atoms with Gasteiger partial charge in [-0.05, 0) is 19.9 Å². The molecule has 0 unspecified atom stereocenters. The van der Waals surface area contributed by atoms with Gasteiger partial charge in [-0.15, -0.1) is 0 Å². The summed E-state index contributed by atoms with van der Waals surface area (Å²) in [6.45, 7) is 7.46. The maximum absolute atomic E-state index is 6.12. The second kappa shape index (κ2) is 5.43. The summed E-state index contributed by atoms with van der Waals surface area (Å²) in [5.74, 6) is 1.05. The predicted octanol–water partition coefficient (Wildman–Crippen LogP) is 1.72. The van der Waals surface area contributed by atoms with Crippen LogP contribution in [0.4, 0.5) is 5.82 Å². The lowest BCUT2D eigenvalue weighted by molar-refractivity contribution is 0.909. The molecule has 6 heteroatoms. The number of rotatable bonds is 4. The summed E-state index contributed by atoms with van der Waals surface area (Å²) in [5, 5.41) is 4.06. The zero-order valence-corrected chi connectivity index (χ0v) is 11.0. The second-order valence-electron chi connectivity index (χ2n) is 3.99. The van der Waals surface area contributed by atoms with Gasteiger partial charge in [-0.3, -0.25) is 4.99 Å². The van der Waals surface area contributed by atoms with Crippen molar-refractivity contribution in [3.63, 3.8) is 0 Å². The van der Waals surface area contributed by atoms with Gasteiger partial charge in [-0.1, -0.05) is 12.7 Å². The molecule has 2 heterocycles. The van der Waals surface area contributed by atoms with Crippen LogP contribution in [0.15, 0.2) is 35.7 Å². The first kappa shape index (κ1) is 12.9. The van der Waals surface area contributed by atoms with Crippen LogP contribution in [0.5, 0.6) is 0 Å². The van der Waals surface area contributed by atoms with Crippen LogP contribution in [0.3, 0.4) is 0 Å². The van der Waals surface area contributed by atoms with Crippen LogP contribution in [0, 0.1) is 6.92 Å². The lowest BCUT2D eigenvalue weighted by Crippen LogP contribution is -2.09. The van der Waals surface area contributed by atoms with Gasteiger partial charge in [-0.2, -0.15) is 14.6 Å². The monoisotopic (exact) mass is 256 g/mol. The van der Waals surface area contributed by atoms with Gasteiger partial charge in [0.05, 0.1) is 0 Å². The molecule has 2 rings (SSSR count). The Morgan fingerprint density at radius 3 is 3.05 bits per heavy atom. The maximum Gasteiger partial charge on any atom is 0.254 e. The molecule has 2 aromatic heterocycles. The molecule has 19 heavy (non-hydrogen) atoms. The van der Waals surface area contributed by atoms with Gasteiger partial charge in [-0.25, -0.2) is 4.98 Å². The van der Waals surface area contributed by atoms with E-state index in [2.05, 4.69) is 26.6 Å². The maximum atomic E-state index is 6.12. The molecule has 0 saturated carbocycles. The highest BCUT2D eigenvalue weighted by Gasteiger charge is 2.12. The highest BCUT2D eigenvalue weighted by Crippen LogP contribution is 2.20. The van der Waals surface area contributed by atoms with Gasteiger partial charge < -0.3 is 5.73 Å². The van der Waals surface area contributed by atoms with Gasteiger partial charge in [0.1, 0.15) is 12.1 Å². The van der Waals surface area contributed by atoms with E-state index in [9.17, 15) is 0 Å². The Morgan fingerprint density at radius 2 is 2.37 bits per heavy atom. The molecule has 0 amide bonds. The molecule has 0 radical (unpaired) electrons. The fourth-order valence-corrected chi connectivity index (χ4v) is 1.86. The molecule has 0 saturated heterocycles. The van der Waals surface area contributed by atoms with Gasteiger partial charge >= 0.3 is 0 Å². The molecule has 0 aliphatic rings. The van der Waals surface area contributed by atoms with Crippen molar-refractivity contribution >= 4 is 17.8 Å². The standard InChI is InChI=1S/C13H16N6/c1-4-6-10(15-5-2)7-11-9(3)18-13-16-8-17-19(13)12(11)14/h4-6,8H,1,7,14H2,2-3H3/b10-6-,15-5?. The van der Waals surface area contributed by atoms with E-state index in [1.165, 1.54) is 10.8 Å². The van der Waals surface area contributed by atoms with Gasteiger partial charge in [0.25, 0.3) is 5.78 Å². The van der Waals surface area contributed by atoms with E-state index >= 15 is 0 Å². The number of nitrogens with two attached hydrogens (primary N) is 1. The summed E-state index contributed by atoms with van der Waals surface area (Å²) in [6.07, 6.45) is 7.31. The van der Waals surface area contributed by atoms with Crippen molar-refractivity contribution in [3.05, 3.63) is 42.0 Å².